The molecule has 2 saturated carbocycles. The van der Waals surface area contributed by atoms with E-state index < -0.39 is 0 Å². The van der Waals surface area contributed by atoms with Crippen LogP contribution >= 0.6 is 0 Å². The van der Waals surface area contributed by atoms with Crippen LogP contribution in [0.2, 0.25) is 0 Å². The van der Waals surface area contributed by atoms with Crippen molar-refractivity contribution >= 4 is 0 Å². The summed E-state index contributed by atoms with van der Waals surface area (Å²) in [7, 11) is 0. The Morgan fingerprint density at radius 3 is 2.47 bits per heavy atom. The van der Waals surface area contributed by atoms with Gasteiger partial charge in [-0.25, -0.2) is 0 Å². The Bertz CT molecular complexity index is 188. The molecule has 0 saturated heterocycles. The SMILES string of the molecule is CC(C)NCC1CCC2CCCCC2C1. The molecule has 0 bridgehead atoms. The van der Waals surface area contributed by atoms with Crippen LogP contribution in [-0.2, 0) is 0 Å². The second-order valence-electron chi connectivity index (χ2n) is 6.05. The number of fused-ring (bicyclic) bond motifs is 1. The molecule has 88 valence electrons. The summed E-state index contributed by atoms with van der Waals surface area (Å²) in [4.78, 5) is 0. The van der Waals surface area contributed by atoms with Gasteiger partial charge in [0.05, 0.1) is 0 Å². The van der Waals surface area contributed by atoms with Crippen LogP contribution in [0.4, 0.5) is 0 Å². The lowest BCUT2D eigenvalue weighted by atomic mass is 9.67. The van der Waals surface area contributed by atoms with Crippen molar-refractivity contribution < 1.29 is 0 Å². The fourth-order valence-electron chi connectivity index (χ4n) is 3.56. The van der Waals surface area contributed by atoms with Crippen molar-refractivity contribution in [3.05, 3.63) is 0 Å². The Labute approximate surface area is 95.0 Å². The molecular weight excluding hydrogens is 182 g/mol. The van der Waals surface area contributed by atoms with Crippen molar-refractivity contribution in [3.63, 3.8) is 0 Å². The lowest BCUT2D eigenvalue weighted by molar-refractivity contribution is 0.128. The summed E-state index contributed by atoms with van der Waals surface area (Å²) in [6.45, 7) is 5.78. The molecule has 0 spiro atoms. The first kappa shape index (κ1) is 11.4. The molecule has 2 fully saturated rings. The third kappa shape index (κ3) is 3.21. The van der Waals surface area contributed by atoms with E-state index in [0.29, 0.717) is 6.04 Å². The monoisotopic (exact) mass is 209 g/mol. The van der Waals surface area contributed by atoms with Crippen molar-refractivity contribution in [1.82, 2.24) is 5.32 Å². The highest BCUT2D eigenvalue weighted by Crippen LogP contribution is 2.42. The van der Waals surface area contributed by atoms with Gasteiger partial charge in [-0.1, -0.05) is 39.5 Å². The normalized spacial score (nSPS) is 36.6. The number of hydrogen-bond acceptors (Lipinski definition) is 1. The third-order valence-corrected chi connectivity index (χ3v) is 4.46. The van der Waals surface area contributed by atoms with Gasteiger partial charge in [0.2, 0.25) is 0 Å². The van der Waals surface area contributed by atoms with E-state index in [1.54, 1.807) is 0 Å². The van der Waals surface area contributed by atoms with E-state index in [0.717, 1.165) is 17.8 Å². The molecule has 0 amide bonds. The van der Waals surface area contributed by atoms with Crippen molar-refractivity contribution in [2.45, 2.75) is 64.8 Å². The van der Waals surface area contributed by atoms with Crippen LogP contribution in [0.5, 0.6) is 0 Å². The lowest BCUT2D eigenvalue weighted by Crippen LogP contribution is -2.35. The van der Waals surface area contributed by atoms with E-state index >= 15 is 0 Å². The standard InChI is InChI=1S/C14H27N/c1-11(2)15-10-12-7-8-13-5-3-4-6-14(13)9-12/h11-15H,3-10H2,1-2H3. The molecule has 0 aromatic rings. The zero-order valence-electron chi connectivity index (χ0n) is 10.5. The molecule has 0 radical (unpaired) electrons. The summed E-state index contributed by atoms with van der Waals surface area (Å²) in [6, 6.07) is 0.661. The summed E-state index contributed by atoms with van der Waals surface area (Å²) in [5.41, 5.74) is 0. The van der Waals surface area contributed by atoms with Crippen molar-refractivity contribution in [2.75, 3.05) is 6.54 Å². The Balaban J connectivity index is 1.75. The van der Waals surface area contributed by atoms with Gasteiger partial charge in [-0.15, -0.1) is 0 Å². The summed E-state index contributed by atoms with van der Waals surface area (Å²) in [5, 5.41) is 3.61. The van der Waals surface area contributed by atoms with Gasteiger partial charge in [-0.05, 0) is 43.6 Å². The minimum atomic E-state index is 0.661. The molecule has 2 aliphatic rings. The molecule has 1 nitrogen and oxygen atoms in total. The highest BCUT2D eigenvalue weighted by molar-refractivity contribution is 4.84. The molecule has 1 N–H and O–H groups in total. The minimum absolute atomic E-state index is 0.661. The van der Waals surface area contributed by atoms with Gasteiger partial charge in [0, 0.05) is 6.04 Å². The third-order valence-electron chi connectivity index (χ3n) is 4.46. The van der Waals surface area contributed by atoms with E-state index in [1.165, 1.54) is 51.5 Å². The Hall–Kier alpha value is -0.0400. The largest absolute Gasteiger partial charge is 0.314 e. The number of nitrogens with one attached hydrogen (secondary N) is 1. The van der Waals surface area contributed by atoms with Crippen LogP contribution in [0.25, 0.3) is 0 Å². The van der Waals surface area contributed by atoms with Crippen LogP contribution in [-0.4, -0.2) is 12.6 Å². The zero-order valence-corrected chi connectivity index (χ0v) is 10.5. The first-order valence-corrected chi connectivity index (χ1v) is 6.99. The van der Waals surface area contributed by atoms with E-state index in [9.17, 15) is 0 Å². The molecule has 0 heterocycles. The molecule has 1 heteroatoms. The molecule has 3 unspecified atom stereocenters. The van der Waals surface area contributed by atoms with Gasteiger partial charge < -0.3 is 5.32 Å². The number of hydrogen-bond donors (Lipinski definition) is 1. The molecule has 0 aromatic carbocycles. The second kappa shape index (κ2) is 5.34. The maximum atomic E-state index is 3.61. The quantitative estimate of drug-likeness (QED) is 0.749. The summed E-state index contributed by atoms with van der Waals surface area (Å²) in [6.07, 6.45) is 10.6. The Kier molecular flexibility index (Phi) is 4.07. The van der Waals surface area contributed by atoms with E-state index in [1.807, 2.05) is 0 Å². The van der Waals surface area contributed by atoms with Gasteiger partial charge in [0.15, 0.2) is 0 Å². The summed E-state index contributed by atoms with van der Waals surface area (Å²) >= 11 is 0. The average molecular weight is 209 g/mol. The number of rotatable bonds is 3. The minimum Gasteiger partial charge on any atom is -0.314 e. The van der Waals surface area contributed by atoms with Crippen LogP contribution in [0.15, 0.2) is 0 Å². The fraction of sp³-hybridized carbons (Fsp3) is 1.00. The molecule has 0 aromatic heterocycles. The van der Waals surface area contributed by atoms with Crippen molar-refractivity contribution in [1.29, 1.82) is 0 Å². The first-order valence-electron chi connectivity index (χ1n) is 6.99. The highest BCUT2D eigenvalue weighted by Gasteiger charge is 2.31. The Morgan fingerprint density at radius 1 is 1.00 bits per heavy atom. The summed E-state index contributed by atoms with van der Waals surface area (Å²) in [5.74, 6) is 3.17. The highest BCUT2D eigenvalue weighted by atomic mass is 14.9. The molecule has 2 rings (SSSR count). The fourth-order valence-corrected chi connectivity index (χ4v) is 3.56. The van der Waals surface area contributed by atoms with Crippen molar-refractivity contribution in [2.24, 2.45) is 17.8 Å². The topological polar surface area (TPSA) is 12.0 Å². The predicted octanol–water partition coefficient (Wildman–Crippen LogP) is 3.59. The van der Waals surface area contributed by atoms with Gasteiger partial charge in [0.25, 0.3) is 0 Å². The predicted molar refractivity (Wildman–Crippen MR) is 65.9 cm³/mol. The lowest BCUT2D eigenvalue weighted by Gasteiger charge is -2.39. The molecule has 2 aliphatic carbocycles. The van der Waals surface area contributed by atoms with Crippen LogP contribution in [0, 0.1) is 17.8 Å². The van der Waals surface area contributed by atoms with Crippen LogP contribution in [0.3, 0.4) is 0 Å². The molecule has 3 atom stereocenters. The average Bonchev–Trinajstić information content (AvgIpc) is 2.26. The summed E-state index contributed by atoms with van der Waals surface area (Å²) < 4.78 is 0. The van der Waals surface area contributed by atoms with E-state index in [2.05, 4.69) is 19.2 Å². The van der Waals surface area contributed by atoms with Gasteiger partial charge >= 0.3 is 0 Å². The van der Waals surface area contributed by atoms with Gasteiger partial charge in [-0.2, -0.15) is 0 Å². The van der Waals surface area contributed by atoms with E-state index in [-0.39, 0.29) is 0 Å². The first-order chi connectivity index (χ1) is 7.25. The Morgan fingerprint density at radius 2 is 1.73 bits per heavy atom. The smallest absolute Gasteiger partial charge is 0.00104 e. The molecular formula is C14H27N. The molecule has 15 heavy (non-hydrogen) atoms. The van der Waals surface area contributed by atoms with Crippen LogP contribution < -0.4 is 5.32 Å². The maximum absolute atomic E-state index is 3.61. The van der Waals surface area contributed by atoms with E-state index in [4.69, 9.17) is 0 Å². The van der Waals surface area contributed by atoms with Gasteiger partial charge in [0.1, 0.15) is 0 Å². The van der Waals surface area contributed by atoms with Crippen LogP contribution in [0.1, 0.15) is 58.8 Å². The second-order valence-corrected chi connectivity index (χ2v) is 6.05. The van der Waals surface area contributed by atoms with Gasteiger partial charge in [-0.3, -0.25) is 0 Å². The zero-order chi connectivity index (χ0) is 10.7. The maximum Gasteiger partial charge on any atom is 0.00104 e. The van der Waals surface area contributed by atoms with Crippen molar-refractivity contribution in [3.8, 4) is 0 Å². The molecule has 0 aliphatic heterocycles.